The summed E-state index contributed by atoms with van der Waals surface area (Å²) in [5, 5.41) is 20.8. The average molecular weight is 393 g/mol. The molecule has 0 amide bonds. The quantitative estimate of drug-likeness (QED) is 0.621. The van der Waals surface area contributed by atoms with Crippen LogP contribution in [0.25, 0.3) is 10.9 Å². The number of aromatic nitrogens is 1. The van der Waals surface area contributed by atoms with Gasteiger partial charge in [-0.05, 0) is 53.3 Å². The second-order valence-corrected chi connectivity index (χ2v) is 8.21. The van der Waals surface area contributed by atoms with Gasteiger partial charge in [-0.2, -0.15) is 0 Å². The lowest BCUT2D eigenvalue weighted by molar-refractivity contribution is -0.113. The van der Waals surface area contributed by atoms with E-state index in [1.54, 1.807) is 0 Å². The Morgan fingerprint density at radius 1 is 1.07 bits per heavy atom. The fourth-order valence-electron chi connectivity index (χ4n) is 4.60. The first-order valence-corrected chi connectivity index (χ1v) is 10.5. The van der Waals surface area contributed by atoms with Crippen LogP contribution in [0.4, 0.5) is 0 Å². The highest BCUT2D eigenvalue weighted by Gasteiger charge is 2.29. The maximum absolute atomic E-state index is 10.1. The Labute approximate surface area is 170 Å². The van der Waals surface area contributed by atoms with E-state index in [1.807, 2.05) is 0 Å². The first-order chi connectivity index (χ1) is 14.2. The van der Waals surface area contributed by atoms with Crippen LogP contribution in [0.3, 0.4) is 0 Å². The molecule has 3 heterocycles. The minimum Gasteiger partial charge on any atom is -0.493 e. The number of benzene rings is 2. The van der Waals surface area contributed by atoms with Crippen molar-refractivity contribution in [3.63, 3.8) is 0 Å². The van der Waals surface area contributed by atoms with Crippen LogP contribution in [0.2, 0.25) is 0 Å². The predicted octanol–water partition coefficient (Wildman–Crippen LogP) is 3.46. The monoisotopic (exact) mass is 393 g/mol. The molecule has 0 saturated carbocycles. The Morgan fingerprint density at radius 3 is 2.90 bits per heavy atom. The molecule has 2 aliphatic heterocycles. The fourth-order valence-corrected chi connectivity index (χ4v) is 4.60. The number of aliphatic hydroxyl groups is 2. The Bertz CT molecular complexity index is 1010. The molecule has 3 atom stereocenters. The van der Waals surface area contributed by atoms with E-state index in [-0.39, 0.29) is 18.8 Å². The third kappa shape index (κ3) is 3.78. The summed E-state index contributed by atoms with van der Waals surface area (Å²) in [5.74, 6) is 1.03. The molecule has 0 spiro atoms. The molecule has 3 N–H and O–H groups in total. The molecule has 0 radical (unpaired) electrons. The highest BCUT2D eigenvalue weighted by Crippen LogP contribution is 2.34. The highest BCUT2D eigenvalue weighted by molar-refractivity contribution is 5.84. The molecule has 0 aliphatic carbocycles. The Morgan fingerprint density at radius 2 is 2.00 bits per heavy atom. The van der Waals surface area contributed by atoms with Crippen LogP contribution in [0.1, 0.15) is 41.2 Å². The number of ether oxygens (including phenoxy) is 2. The highest BCUT2D eigenvalue weighted by atomic mass is 16.5. The minimum atomic E-state index is -0.434. The number of aryl methyl sites for hydroxylation is 2. The van der Waals surface area contributed by atoms with Gasteiger partial charge in [0.2, 0.25) is 0 Å². The van der Waals surface area contributed by atoms with E-state index in [1.165, 1.54) is 22.1 Å². The normalized spacial score (nSPS) is 23.9. The van der Waals surface area contributed by atoms with Crippen LogP contribution >= 0.6 is 0 Å². The molecule has 3 unspecified atom stereocenters. The summed E-state index contributed by atoms with van der Waals surface area (Å²) in [7, 11) is 0. The zero-order chi connectivity index (χ0) is 19.8. The molecule has 0 bridgehead atoms. The average Bonchev–Trinajstić information content (AvgIpc) is 3.37. The molecule has 152 valence electrons. The lowest BCUT2D eigenvalue weighted by Crippen LogP contribution is -2.33. The lowest BCUT2D eigenvalue weighted by Gasteiger charge is -2.32. The number of rotatable bonds is 5. The molecule has 1 aromatic heterocycles. The van der Waals surface area contributed by atoms with Gasteiger partial charge < -0.3 is 24.7 Å². The third-order valence-electron chi connectivity index (χ3n) is 6.18. The van der Waals surface area contributed by atoms with Gasteiger partial charge >= 0.3 is 0 Å². The van der Waals surface area contributed by atoms with Gasteiger partial charge in [-0.3, -0.25) is 0 Å². The maximum atomic E-state index is 10.1. The predicted molar refractivity (Wildman–Crippen MR) is 111 cm³/mol. The molecule has 5 nitrogen and oxygen atoms in total. The summed E-state index contributed by atoms with van der Waals surface area (Å²) >= 11 is 0. The van der Waals surface area contributed by atoms with E-state index in [0.29, 0.717) is 12.8 Å². The van der Waals surface area contributed by atoms with Gasteiger partial charge in [0.15, 0.2) is 0 Å². The van der Waals surface area contributed by atoms with Crippen molar-refractivity contribution < 1.29 is 19.7 Å². The molecule has 5 heteroatoms. The van der Waals surface area contributed by atoms with Gasteiger partial charge in [-0.25, -0.2) is 0 Å². The molecule has 3 aromatic rings. The molecule has 29 heavy (non-hydrogen) atoms. The number of hydrogen-bond donors (Lipinski definition) is 3. The molecule has 5 rings (SSSR count). The van der Waals surface area contributed by atoms with Crippen molar-refractivity contribution in [2.45, 2.75) is 50.4 Å². The molecular weight excluding hydrogens is 366 g/mol. The number of hydrogen-bond acceptors (Lipinski definition) is 4. The van der Waals surface area contributed by atoms with Gasteiger partial charge in [0.1, 0.15) is 5.75 Å². The Hall–Kier alpha value is -2.34. The topological polar surface area (TPSA) is 74.7 Å². The van der Waals surface area contributed by atoms with Gasteiger partial charge in [0.05, 0.1) is 31.5 Å². The van der Waals surface area contributed by atoms with Crippen molar-refractivity contribution >= 4 is 10.9 Å². The van der Waals surface area contributed by atoms with Crippen LogP contribution in [-0.4, -0.2) is 40.6 Å². The summed E-state index contributed by atoms with van der Waals surface area (Å²) in [5.41, 5.74) is 6.11. The molecule has 2 aliphatic rings. The summed E-state index contributed by atoms with van der Waals surface area (Å²) in [4.78, 5) is 3.37. The fraction of sp³-hybridized carbons (Fsp3) is 0.417. The summed E-state index contributed by atoms with van der Waals surface area (Å²) in [6, 6.07) is 12.8. The zero-order valence-electron chi connectivity index (χ0n) is 16.4. The first kappa shape index (κ1) is 18.7. The van der Waals surface area contributed by atoms with Crippen LogP contribution in [0, 0.1) is 0 Å². The summed E-state index contributed by atoms with van der Waals surface area (Å²) < 4.78 is 11.6. The van der Waals surface area contributed by atoms with E-state index in [2.05, 4.69) is 47.6 Å². The van der Waals surface area contributed by atoms with E-state index in [9.17, 15) is 10.2 Å². The number of nitrogens with one attached hydrogen (secondary N) is 1. The maximum Gasteiger partial charge on any atom is 0.122 e. The number of aliphatic hydroxyl groups excluding tert-OH is 2. The van der Waals surface area contributed by atoms with Gasteiger partial charge in [0, 0.05) is 36.4 Å². The molecule has 2 aromatic carbocycles. The Balaban J connectivity index is 1.35. The van der Waals surface area contributed by atoms with E-state index >= 15 is 0 Å². The number of aromatic amines is 1. The third-order valence-corrected chi connectivity index (χ3v) is 6.18. The molecular formula is C24H27NO4. The largest absolute Gasteiger partial charge is 0.493 e. The van der Waals surface area contributed by atoms with Gasteiger partial charge in [-0.15, -0.1) is 0 Å². The zero-order valence-corrected chi connectivity index (χ0v) is 16.4. The van der Waals surface area contributed by atoms with E-state index in [0.717, 1.165) is 42.7 Å². The minimum absolute atomic E-state index is 0.0585. The van der Waals surface area contributed by atoms with Crippen LogP contribution in [0.15, 0.2) is 42.6 Å². The van der Waals surface area contributed by atoms with Crippen molar-refractivity contribution in [1.82, 2.24) is 4.98 Å². The van der Waals surface area contributed by atoms with Crippen LogP contribution < -0.4 is 4.74 Å². The van der Waals surface area contributed by atoms with Crippen molar-refractivity contribution in [2.75, 3.05) is 13.2 Å². The van der Waals surface area contributed by atoms with Gasteiger partial charge in [0.25, 0.3) is 0 Å². The smallest absolute Gasteiger partial charge is 0.122 e. The standard InChI is InChI=1S/C24H27NO4/c26-14-20-11-19(27)12-24(29-20)16-4-5-22-21(10-16)18(13-25-22)3-1-15-2-6-23-17(9-15)7-8-28-23/h2,4-6,9-10,13,19-20,24-27H,1,3,7-8,11-12,14H2. The van der Waals surface area contributed by atoms with Crippen molar-refractivity contribution in [2.24, 2.45) is 0 Å². The van der Waals surface area contributed by atoms with Crippen LogP contribution in [0.5, 0.6) is 5.75 Å². The van der Waals surface area contributed by atoms with Crippen molar-refractivity contribution in [1.29, 1.82) is 0 Å². The SMILES string of the molecule is OCC1CC(O)CC(c2ccc3[nH]cc(CCc4ccc5c(c4)CCO5)c3c2)O1. The number of H-pyrrole nitrogens is 1. The summed E-state index contributed by atoms with van der Waals surface area (Å²) in [6.07, 6.45) is 5.19. The molecule has 1 fully saturated rings. The van der Waals surface area contributed by atoms with Crippen molar-refractivity contribution in [3.8, 4) is 5.75 Å². The Kier molecular flexibility index (Phi) is 5.04. The number of fused-ring (bicyclic) bond motifs is 2. The molecule has 1 saturated heterocycles. The van der Waals surface area contributed by atoms with E-state index < -0.39 is 6.10 Å². The van der Waals surface area contributed by atoms with Gasteiger partial charge in [-0.1, -0.05) is 18.2 Å². The van der Waals surface area contributed by atoms with E-state index in [4.69, 9.17) is 9.47 Å². The second kappa shape index (κ2) is 7.82. The lowest BCUT2D eigenvalue weighted by atomic mass is 9.94. The summed E-state index contributed by atoms with van der Waals surface area (Å²) in [6.45, 7) is 0.732. The van der Waals surface area contributed by atoms with Crippen molar-refractivity contribution in [3.05, 3.63) is 64.8 Å². The second-order valence-electron chi connectivity index (χ2n) is 8.21. The van der Waals surface area contributed by atoms with Crippen LogP contribution in [-0.2, 0) is 24.0 Å². The first-order valence-electron chi connectivity index (χ1n) is 10.5.